The first-order valence-corrected chi connectivity index (χ1v) is 11.6. The molecule has 9 heteroatoms. The number of likely N-dealkylation sites (tertiary alicyclic amines) is 1. The Morgan fingerprint density at radius 1 is 1.00 bits per heavy atom. The normalized spacial score (nSPS) is 17.7. The summed E-state index contributed by atoms with van der Waals surface area (Å²) in [5.74, 6) is 0.700. The third-order valence-corrected chi connectivity index (χ3v) is 6.17. The molecule has 2 aliphatic heterocycles. The topological polar surface area (TPSA) is 91.4 Å². The number of nitrogens with zero attached hydrogens (tertiary/aromatic N) is 3. The van der Waals surface area contributed by atoms with Crippen molar-refractivity contribution in [3.05, 3.63) is 23.8 Å². The molecule has 0 aliphatic carbocycles. The molecule has 0 atom stereocenters. The van der Waals surface area contributed by atoms with Crippen molar-refractivity contribution in [1.82, 2.24) is 20.0 Å². The smallest absolute Gasteiger partial charge is 0.258 e. The molecule has 2 saturated heterocycles. The van der Waals surface area contributed by atoms with Crippen molar-refractivity contribution < 1.29 is 23.9 Å². The number of hydrogen-bond acceptors (Lipinski definition) is 6. The lowest BCUT2D eigenvalue weighted by Gasteiger charge is -2.37. The van der Waals surface area contributed by atoms with E-state index in [2.05, 4.69) is 17.3 Å². The zero-order chi connectivity index (χ0) is 24.0. The molecule has 0 spiro atoms. The number of piperazine rings is 1. The maximum absolute atomic E-state index is 13.0. The Kier molecular flexibility index (Phi) is 8.55. The van der Waals surface area contributed by atoms with E-state index in [-0.39, 0.29) is 36.3 Å². The highest BCUT2D eigenvalue weighted by Crippen LogP contribution is 2.29. The summed E-state index contributed by atoms with van der Waals surface area (Å²) in [6.45, 7) is 8.12. The van der Waals surface area contributed by atoms with E-state index in [0.717, 1.165) is 26.2 Å². The van der Waals surface area contributed by atoms with Crippen LogP contribution in [-0.2, 0) is 9.59 Å². The fraction of sp³-hybridized carbons (Fsp3) is 0.625. The molecule has 2 fully saturated rings. The van der Waals surface area contributed by atoms with Gasteiger partial charge in [0.2, 0.25) is 5.91 Å². The van der Waals surface area contributed by atoms with Gasteiger partial charge in [0, 0.05) is 56.8 Å². The molecule has 1 aromatic carbocycles. The van der Waals surface area contributed by atoms with Crippen molar-refractivity contribution in [1.29, 1.82) is 0 Å². The minimum atomic E-state index is -0.221. The number of ether oxygens (including phenoxy) is 2. The van der Waals surface area contributed by atoms with Gasteiger partial charge >= 0.3 is 0 Å². The van der Waals surface area contributed by atoms with Crippen LogP contribution in [0.15, 0.2) is 18.2 Å². The monoisotopic (exact) mass is 460 g/mol. The average Bonchev–Trinajstić information content (AvgIpc) is 2.82. The lowest BCUT2D eigenvalue weighted by Crippen LogP contribution is -2.51. The van der Waals surface area contributed by atoms with Gasteiger partial charge in [-0.25, -0.2) is 0 Å². The predicted octanol–water partition coefficient (Wildman–Crippen LogP) is 1.22. The zero-order valence-electron chi connectivity index (χ0n) is 20.1. The summed E-state index contributed by atoms with van der Waals surface area (Å²) in [5.41, 5.74) is 0.495. The number of likely N-dealkylation sites (N-methyl/N-ethyl adjacent to an activating group) is 1. The van der Waals surface area contributed by atoms with Gasteiger partial charge in [0.15, 0.2) is 18.1 Å². The van der Waals surface area contributed by atoms with E-state index in [1.807, 2.05) is 18.7 Å². The minimum Gasteiger partial charge on any atom is -0.493 e. The van der Waals surface area contributed by atoms with E-state index >= 15 is 0 Å². The Bertz CT molecular complexity index is 843. The maximum atomic E-state index is 13.0. The largest absolute Gasteiger partial charge is 0.493 e. The Morgan fingerprint density at radius 2 is 1.67 bits per heavy atom. The second-order valence-corrected chi connectivity index (χ2v) is 9.07. The summed E-state index contributed by atoms with van der Waals surface area (Å²) >= 11 is 0. The summed E-state index contributed by atoms with van der Waals surface area (Å²) in [4.78, 5) is 43.7. The van der Waals surface area contributed by atoms with Crippen molar-refractivity contribution in [2.24, 2.45) is 5.92 Å². The Morgan fingerprint density at radius 3 is 2.27 bits per heavy atom. The van der Waals surface area contributed by atoms with Crippen molar-refractivity contribution >= 4 is 17.7 Å². The number of piperidine rings is 1. The number of benzene rings is 1. The fourth-order valence-corrected chi connectivity index (χ4v) is 4.22. The van der Waals surface area contributed by atoms with Crippen LogP contribution < -0.4 is 14.8 Å². The molecule has 0 bridgehead atoms. The number of hydrogen-bond donors (Lipinski definition) is 1. The third-order valence-electron chi connectivity index (χ3n) is 6.17. The molecule has 0 radical (unpaired) electrons. The van der Waals surface area contributed by atoms with Gasteiger partial charge < -0.3 is 29.5 Å². The highest BCUT2D eigenvalue weighted by molar-refractivity contribution is 5.95. The number of nitrogens with one attached hydrogen (secondary N) is 1. The van der Waals surface area contributed by atoms with Crippen LogP contribution in [0.4, 0.5) is 0 Å². The van der Waals surface area contributed by atoms with E-state index in [4.69, 9.17) is 9.47 Å². The van der Waals surface area contributed by atoms with Crippen LogP contribution in [0, 0.1) is 5.92 Å². The van der Waals surface area contributed by atoms with E-state index in [1.165, 1.54) is 7.11 Å². The van der Waals surface area contributed by atoms with Gasteiger partial charge in [-0.2, -0.15) is 0 Å². The molecule has 0 saturated carbocycles. The highest BCUT2D eigenvalue weighted by atomic mass is 16.5. The summed E-state index contributed by atoms with van der Waals surface area (Å²) in [5, 5.41) is 2.76. The molecule has 3 amide bonds. The van der Waals surface area contributed by atoms with Gasteiger partial charge in [0.1, 0.15) is 0 Å². The summed E-state index contributed by atoms with van der Waals surface area (Å²) in [6, 6.07) is 5.00. The SMILES string of the molecule is COc1cc(C(=O)N2CCC(C(=O)N3CCN(C)CC3)CC2)ccc1OCC(=O)NC(C)C. The lowest BCUT2D eigenvalue weighted by molar-refractivity contribution is -0.138. The van der Waals surface area contributed by atoms with Crippen molar-refractivity contribution in [2.45, 2.75) is 32.7 Å². The van der Waals surface area contributed by atoms with Gasteiger partial charge in [-0.05, 0) is 51.9 Å². The standard InChI is InChI=1S/C24H36N4O5/c1-17(2)25-22(29)16-33-20-6-5-19(15-21(20)32-4)24(31)27-9-7-18(8-10-27)23(30)28-13-11-26(3)12-14-28/h5-6,15,17-18H,7-14,16H2,1-4H3,(H,25,29). The lowest BCUT2D eigenvalue weighted by atomic mass is 9.94. The number of carbonyl (C=O) groups is 3. The van der Waals surface area contributed by atoms with Crippen LogP contribution >= 0.6 is 0 Å². The Balaban J connectivity index is 1.54. The van der Waals surface area contributed by atoms with Gasteiger partial charge in [-0.3, -0.25) is 14.4 Å². The van der Waals surface area contributed by atoms with Crippen LogP contribution in [0.25, 0.3) is 0 Å². The number of amides is 3. The maximum Gasteiger partial charge on any atom is 0.258 e. The van der Waals surface area contributed by atoms with Crippen LogP contribution in [0.2, 0.25) is 0 Å². The average molecular weight is 461 g/mol. The van der Waals surface area contributed by atoms with E-state index < -0.39 is 0 Å². The van der Waals surface area contributed by atoms with Crippen LogP contribution in [0.1, 0.15) is 37.0 Å². The molecule has 2 heterocycles. The molecule has 182 valence electrons. The Labute approximate surface area is 196 Å². The molecule has 9 nitrogen and oxygen atoms in total. The van der Waals surface area contributed by atoms with Crippen molar-refractivity contribution in [3.8, 4) is 11.5 Å². The summed E-state index contributed by atoms with van der Waals surface area (Å²) in [7, 11) is 3.57. The van der Waals surface area contributed by atoms with Gasteiger partial charge in [-0.15, -0.1) is 0 Å². The molecular formula is C24H36N4O5. The van der Waals surface area contributed by atoms with Crippen LogP contribution in [-0.4, -0.2) is 98.5 Å². The number of carbonyl (C=O) groups excluding carboxylic acids is 3. The first-order valence-electron chi connectivity index (χ1n) is 11.6. The predicted molar refractivity (Wildman–Crippen MR) is 124 cm³/mol. The molecule has 1 N–H and O–H groups in total. The molecule has 1 aromatic rings. The molecule has 3 rings (SSSR count). The fourth-order valence-electron chi connectivity index (χ4n) is 4.22. The summed E-state index contributed by atoms with van der Waals surface area (Å²) < 4.78 is 10.9. The first-order chi connectivity index (χ1) is 15.8. The van der Waals surface area contributed by atoms with E-state index in [1.54, 1.807) is 23.1 Å². The van der Waals surface area contributed by atoms with Crippen LogP contribution in [0.5, 0.6) is 11.5 Å². The van der Waals surface area contributed by atoms with Gasteiger partial charge in [-0.1, -0.05) is 0 Å². The minimum absolute atomic E-state index is 0.0141. The van der Waals surface area contributed by atoms with Crippen molar-refractivity contribution in [2.75, 3.05) is 60.0 Å². The Hall–Kier alpha value is -2.81. The number of methoxy groups -OCH3 is 1. The van der Waals surface area contributed by atoms with E-state index in [0.29, 0.717) is 43.0 Å². The molecule has 2 aliphatic rings. The number of rotatable bonds is 7. The third kappa shape index (κ3) is 6.60. The second kappa shape index (κ2) is 11.4. The molecular weight excluding hydrogens is 424 g/mol. The second-order valence-electron chi connectivity index (χ2n) is 9.07. The molecule has 0 aromatic heterocycles. The molecule has 33 heavy (non-hydrogen) atoms. The first kappa shape index (κ1) is 24.8. The van der Waals surface area contributed by atoms with Gasteiger partial charge in [0.25, 0.3) is 11.8 Å². The highest BCUT2D eigenvalue weighted by Gasteiger charge is 2.31. The summed E-state index contributed by atoms with van der Waals surface area (Å²) in [6.07, 6.45) is 1.36. The molecule has 0 unspecified atom stereocenters. The van der Waals surface area contributed by atoms with Crippen LogP contribution in [0.3, 0.4) is 0 Å². The van der Waals surface area contributed by atoms with E-state index in [9.17, 15) is 14.4 Å². The van der Waals surface area contributed by atoms with Gasteiger partial charge in [0.05, 0.1) is 7.11 Å². The van der Waals surface area contributed by atoms with Crippen molar-refractivity contribution in [3.63, 3.8) is 0 Å². The quantitative estimate of drug-likeness (QED) is 0.658. The zero-order valence-corrected chi connectivity index (χ0v) is 20.1.